The van der Waals surface area contributed by atoms with Crippen LogP contribution in [0.1, 0.15) is 89.2 Å². The van der Waals surface area contributed by atoms with Gasteiger partial charge in [0.05, 0.1) is 53.0 Å². The van der Waals surface area contributed by atoms with Gasteiger partial charge in [-0.25, -0.2) is 0 Å². The summed E-state index contributed by atoms with van der Waals surface area (Å²) in [7, 11) is 1.43. The summed E-state index contributed by atoms with van der Waals surface area (Å²) in [5, 5.41) is 64.4. The van der Waals surface area contributed by atoms with Gasteiger partial charge in [-0.1, -0.05) is 57.5 Å². The Labute approximate surface area is 356 Å². The van der Waals surface area contributed by atoms with Crippen LogP contribution in [-0.2, 0) is 28.6 Å². The number of carbonyl (C=O) groups is 3. The number of hydrogen-bond donors (Lipinski definition) is 6. The third-order valence-electron chi connectivity index (χ3n) is 12.2. The molecule has 1 saturated heterocycles. The first-order valence-electron chi connectivity index (χ1n) is 20.8. The van der Waals surface area contributed by atoms with E-state index in [0.29, 0.717) is 6.54 Å². The van der Waals surface area contributed by atoms with Crippen LogP contribution in [0.5, 0.6) is 23.0 Å². The van der Waals surface area contributed by atoms with Crippen LogP contribution in [0.4, 0.5) is 5.69 Å². The number of likely N-dealkylation sites (tertiary alicyclic amines) is 1. The predicted octanol–water partition coefficient (Wildman–Crippen LogP) is 5.59. The summed E-state index contributed by atoms with van der Waals surface area (Å²) >= 11 is 0. The molecule has 2 aromatic rings. The van der Waals surface area contributed by atoms with Crippen LogP contribution in [0.2, 0.25) is 0 Å². The Balaban J connectivity index is 1.65. The lowest BCUT2D eigenvalue weighted by atomic mass is 9.78. The van der Waals surface area contributed by atoms with Crippen molar-refractivity contribution in [2.75, 3.05) is 38.7 Å². The molecule has 5 bridgehead atoms. The number of benzene rings is 2. The average molecular weight is 852 g/mol. The largest absolute Gasteiger partial charge is 0.507 e. The molecule has 0 radical (unpaired) electrons. The average Bonchev–Trinajstić information content (AvgIpc) is 3.50. The number of nitrogens with zero attached hydrogens (tertiary/aromatic N) is 2. The van der Waals surface area contributed by atoms with Gasteiger partial charge in [-0.2, -0.15) is 0 Å². The minimum absolute atomic E-state index is 0.0408. The van der Waals surface area contributed by atoms with Crippen LogP contribution < -0.4 is 10.1 Å². The predicted molar refractivity (Wildman–Crippen MR) is 228 cm³/mol. The summed E-state index contributed by atoms with van der Waals surface area (Å²) in [6, 6.07) is 0. The van der Waals surface area contributed by atoms with E-state index in [0.717, 1.165) is 32.1 Å². The van der Waals surface area contributed by atoms with E-state index in [-0.39, 0.29) is 51.1 Å². The van der Waals surface area contributed by atoms with Gasteiger partial charge in [0.25, 0.3) is 11.7 Å². The maximum atomic E-state index is 14.4. The molecule has 1 fully saturated rings. The number of ketones is 1. The fraction of sp³-hybridized carbons (Fsp3) is 0.556. The maximum absolute atomic E-state index is 14.4. The van der Waals surface area contributed by atoms with E-state index in [4.69, 9.17) is 23.8 Å². The number of hydrogen-bond acceptors (Lipinski definition) is 15. The van der Waals surface area contributed by atoms with Crippen LogP contribution in [0.25, 0.3) is 10.8 Å². The first-order chi connectivity index (χ1) is 28.8. The molecule has 0 spiro atoms. The Morgan fingerprint density at radius 3 is 2.31 bits per heavy atom. The van der Waals surface area contributed by atoms with Crippen molar-refractivity contribution >= 4 is 40.3 Å². The highest BCUT2D eigenvalue weighted by molar-refractivity contribution is 6.23. The number of aliphatic hydroxyl groups excluding tert-OH is 2. The number of ether oxygens (including phenoxy) is 4. The number of amides is 1. The highest BCUT2D eigenvalue weighted by Gasteiger charge is 2.50. The molecule has 2 aromatic carbocycles. The van der Waals surface area contributed by atoms with E-state index >= 15 is 0 Å². The molecule has 9 atom stereocenters. The van der Waals surface area contributed by atoms with Crippen LogP contribution in [0.3, 0.4) is 0 Å². The molecule has 4 heterocycles. The van der Waals surface area contributed by atoms with E-state index in [1.54, 1.807) is 39.8 Å². The molecule has 16 nitrogen and oxygen atoms in total. The zero-order valence-electron chi connectivity index (χ0n) is 36.4. The summed E-state index contributed by atoms with van der Waals surface area (Å²) in [5.74, 6) is -8.57. The van der Waals surface area contributed by atoms with Gasteiger partial charge in [-0.15, -0.1) is 0 Å². The molecule has 16 heteroatoms. The minimum Gasteiger partial charge on any atom is -0.507 e. The molecule has 1 amide bonds. The zero-order valence-corrected chi connectivity index (χ0v) is 36.4. The number of aliphatic hydroxyl groups is 2. The molecule has 6 rings (SSSR count). The smallest absolute Gasteiger partial charge is 0.312 e. The minimum atomic E-state index is -2.06. The molecule has 0 saturated carbocycles. The van der Waals surface area contributed by atoms with Crippen molar-refractivity contribution < 1.29 is 63.7 Å². The number of esters is 1. The molecule has 4 aliphatic heterocycles. The van der Waals surface area contributed by atoms with Gasteiger partial charge in [-0.05, 0) is 45.9 Å². The number of nitrogens with one attached hydrogen (secondary N) is 1. The maximum Gasteiger partial charge on any atom is 0.312 e. The van der Waals surface area contributed by atoms with E-state index in [9.17, 15) is 39.9 Å². The number of Topliss-reactive ketones (excluding diaryl/α,β-unsaturated/α-hetero) is 1. The van der Waals surface area contributed by atoms with Gasteiger partial charge in [0.1, 0.15) is 30.0 Å². The summed E-state index contributed by atoms with van der Waals surface area (Å²) in [5.41, 5.74) is -0.555. The second-order valence-corrected chi connectivity index (χ2v) is 16.6. The van der Waals surface area contributed by atoms with Crippen molar-refractivity contribution in [1.29, 1.82) is 0 Å². The SMILES string of the molecule is COC1C=COC2(C)Oc3c(C)c(O)c4c(O)c(c(C=NOCCN5CCCCC5)c(O)c4c3C2=O)NC(=O)C(C)=CC=CC(C)C(O)C(C)C(O)C(C)C(OC(C)=O)C1C. The number of piperidine rings is 1. The topological polar surface area (TPSA) is 226 Å². The van der Waals surface area contributed by atoms with Gasteiger partial charge in [0, 0.05) is 67.7 Å². The Morgan fingerprint density at radius 2 is 1.66 bits per heavy atom. The number of phenolic OH excluding ortho intramolecular Hbond substituents is 3. The van der Waals surface area contributed by atoms with Crippen molar-refractivity contribution in [2.24, 2.45) is 28.8 Å². The standard InChI is InChI=1S/C45H61N3O13/c1-23-14-13-15-24(2)44(56)47-35-30(22-46-59-21-19-48-17-11-10-12-18-48)39(53)32-33(40(35)54)38(52)28(6)42-34(32)43(55)45(8,61-42)58-20-16-31(57-9)25(3)41(60-29(7)49)27(5)37(51)26(4)36(23)50/h13-16,20,22-23,25-27,31,36-37,41,50-54H,10-12,17-19,21H2,1-9H3,(H,47,56). The molecule has 9 unspecified atom stereocenters. The molecule has 0 aromatic heterocycles. The Bertz CT molecular complexity index is 2090. The van der Waals surface area contributed by atoms with Crippen LogP contribution in [0.15, 0.2) is 41.3 Å². The highest BCUT2D eigenvalue weighted by Crippen LogP contribution is 2.55. The van der Waals surface area contributed by atoms with E-state index in [2.05, 4.69) is 15.4 Å². The van der Waals surface area contributed by atoms with Gasteiger partial charge in [0.2, 0.25) is 0 Å². The van der Waals surface area contributed by atoms with Crippen molar-refractivity contribution in [3.63, 3.8) is 0 Å². The summed E-state index contributed by atoms with van der Waals surface area (Å²) in [4.78, 5) is 48.3. The lowest BCUT2D eigenvalue weighted by molar-refractivity contribution is -0.160. The summed E-state index contributed by atoms with van der Waals surface area (Å²) in [6.45, 7) is 15.2. The van der Waals surface area contributed by atoms with E-state index in [1.165, 1.54) is 59.6 Å². The molecule has 6 N–H and O–H groups in total. The third kappa shape index (κ3) is 9.82. The first-order valence-corrected chi connectivity index (χ1v) is 20.8. The third-order valence-corrected chi connectivity index (χ3v) is 12.2. The van der Waals surface area contributed by atoms with Gasteiger partial charge >= 0.3 is 11.8 Å². The fourth-order valence-corrected chi connectivity index (χ4v) is 8.37. The number of rotatable bonds is 7. The van der Waals surface area contributed by atoms with E-state index in [1.807, 2.05) is 0 Å². The van der Waals surface area contributed by atoms with Crippen molar-refractivity contribution in [1.82, 2.24) is 4.90 Å². The Morgan fingerprint density at radius 1 is 0.967 bits per heavy atom. The van der Waals surface area contributed by atoms with Crippen molar-refractivity contribution in [2.45, 2.75) is 105 Å². The van der Waals surface area contributed by atoms with Crippen LogP contribution in [-0.4, -0.2) is 118 Å². The van der Waals surface area contributed by atoms with Gasteiger partial charge < -0.3 is 54.6 Å². The molecule has 61 heavy (non-hydrogen) atoms. The highest BCUT2D eigenvalue weighted by atomic mass is 16.7. The number of methoxy groups -OCH3 is 1. The molecule has 4 aliphatic rings. The van der Waals surface area contributed by atoms with Crippen LogP contribution in [0, 0.1) is 30.6 Å². The Kier molecular flexibility index (Phi) is 15.1. The Hall–Kier alpha value is -5.16. The number of anilines is 1. The summed E-state index contributed by atoms with van der Waals surface area (Å²) in [6.07, 6.45) is 7.96. The van der Waals surface area contributed by atoms with Gasteiger partial charge in [0.15, 0.2) is 5.75 Å². The van der Waals surface area contributed by atoms with Crippen LogP contribution >= 0.6 is 0 Å². The lowest BCUT2D eigenvalue weighted by Gasteiger charge is -2.38. The van der Waals surface area contributed by atoms with Crippen molar-refractivity contribution in [3.05, 3.63) is 52.8 Å². The summed E-state index contributed by atoms with van der Waals surface area (Å²) < 4.78 is 23.6. The van der Waals surface area contributed by atoms with Crippen molar-refractivity contribution in [3.8, 4) is 23.0 Å². The number of fused-ring (bicyclic) bond motifs is 14. The number of aromatic hydroxyl groups is 3. The first kappa shape index (κ1) is 46.9. The number of carbonyl (C=O) groups excluding carboxylic acids is 3. The number of phenols is 3. The molecule has 334 valence electrons. The molecular formula is C45H61N3O13. The monoisotopic (exact) mass is 851 g/mol. The number of allylic oxidation sites excluding steroid dienone is 2. The molecule has 0 aliphatic carbocycles. The molecular weight excluding hydrogens is 791 g/mol. The second-order valence-electron chi connectivity index (χ2n) is 16.6. The van der Waals surface area contributed by atoms with Gasteiger partial charge in [-0.3, -0.25) is 19.3 Å². The fourth-order valence-electron chi connectivity index (χ4n) is 8.37. The number of oxime groups is 1. The zero-order chi connectivity index (χ0) is 44.9. The van der Waals surface area contributed by atoms with E-state index < -0.39 is 88.8 Å². The normalized spacial score (nSPS) is 29.4. The second kappa shape index (κ2) is 19.7. The lowest BCUT2D eigenvalue weighted by Crippen LogP contribution is -2.46. The quantitative estimate of drug-likeness (QED) is 0.0499.